The van der Waals surface area contributed by atoms with Crippen LogP contribution in [-0.2, 0) is 0 Å². The molecule has 1 aliphatic carbocycles. The van der Waals surface area contributed by atoms with Crippen molar-refractivity contribution in [3.63, 3.8) is 0 Å². The van der Waals surface area contributed by atoms with Gasteiger partial charge in [0.15, 0.2) is 0 Å². The largest absolute Gasteiger partial charge is 0.406 e. The molecule has 122 valence electrons. The molecule has 0 radical (unpaired) electrons. The average molecular weight is 326 g/mol. The first kappa shape index (κ1) is 15.7. The molecule has 1 aliphatic rings. The van der Waals surface area contributed by atoms with Crippen LogP contribution in [0, 0.1) is 5.82 Å². The highest BCUT2D eigenvalue weighted by Gasteiger charge is 2.39. The highest BCUT2D eigenvalue weighted by atomic mass is 19.4. The van der Waals surface area contributed by atoms with Crippen molar-refractivity contribution in [2.24, 2.45) is 0 Å². The molecular formula is C16H14F4N2O. The molecule has 0 bridgehead atoms. The number of pyridine rings is 1. The minimum absolute atomic E-state index is 0.128. The van der Waals surface area contributed by atoms with E-state index in [9.17, 15) is 22.4 Å². The van der Waals surface area contributed by atoms with Crippen LogP contribution in [0.3, 0.4) is 0 Å². The summed E-state index contributed by atoms with van der Waals surface area (Å²) in [6.07, 6.45) is -1.23. The highest BCUT2D eigenvalue weighted by Crippen LogP contribution is 2.31. The number of amides is 1. The van der Waals surface area contributed by atoms with Gasteiger partial charge in [0.25, 0.3) is 5.91 Å². The molecule has 3 nitrogen and oxygen atoms in total. The topological polar surface area (TPSA) is 33.2 Å². The van der Waals surface area contributed by atoms with E-state index in [0.717, 1.165) is 17.4 Å². The Morgan fingerprint density at radius 1 is 1.30 bits per heavy atom. The van der Waals surface area contributed by atoms with E-state index in [1.165, 1.54) is 12.3 Å². The van der Waals surface area contributed by atoms with Gasteiger partial charge in [0.1, 0.15) is 12.4 Å². The van der Waals surface area contributed by atoms with Gasteiger partial charge in [0.05, 0.1) is 11.1 Å². The van der Waals surface area contributed by atoms with Crippen molar-refractivity contribution in [2.45, 2.75) is 31.5 Å². The van der Waals surface area contributed by atoms with Gasteiger partial charge in [-0.25, -0.2) is 4.39 Å². The van der Waals surface area contributed by atoms with Gasteiger partial charge in [-0.05, 0) is 37.5 Å². The normalized spacial score (nSPS) is 15.5. The summed E-state index contributed by atoms with van der Waals surface area (Å²) in [6, 6.07) is 4.86. The maximum Gasteiger partial charge on any atom is 0.406 e. The highest BCUT2D eigenvalue weighted by molar-refractivity contribution is 6.05. The Labute approximate surface area is 129 Å². The molecule has 3 rings (SSSR count). The Hall–Kier alpha value is -2.18. The van der Waals surface area contributed by atoms with Gasteiger partial charge in [0, 0.05) is 17.6 Å². The second-order valence-corrected chi connectivity index (χ2v) is 5.66. The summed E-state index contributed by atoms with van der Waals surface area (Å²) in [5.74, 6) is -1.50. The molecule has 0 unspecified atom stereocenters. The predicted molar refractivity (Wildman–Crippen MR) is 76.4 cm³/mol. The van der Waals surface area contributed by atoms with Gasteiger partial charge in [0.2, 0.25) is 0 Å². The lowest BCUT2D eigenvalue weighted by molar-refractivity contribution is -0.147. The molecule has 23 heavy (non-hydrogen) atoms. The Kier molecular flexibility index (Phi) is 3.95. The molecule has 1 saturated carbocycles. The number of aromatic nitrogens is 1. The molecule has 1 fully saturated rings. The molecule has 0 atom stereocenters. The lowest BCUT2D eigenvalue weighted by atomic mass is 9.90. The Morgan fingerprint density at radius 2 is 2.04 bits per heavy atom. The number of carbonyl (C=O) groups excluding carboxylic acids is 1. The molecular weight excluding hydrogens is 312 g/mol. The van der Waals surface area contributed by atoms with E-state index in [2.05, 4.69) is 4.98 Å². The molecule has 1 heterocycles. The Morgan fingerprint density at radius 3 is 2.65 bits per heavy atom. The predicted octanol–water partition coefficient (Wildman–Crippen LogP) is 3.93. The van der Waals surface area contributed by atoms with Gasteiger partial charge in [-0.3, -0.25) is 9.78 Å². The number of fused-ring (bicyclic) bond motifs is 1. The molecule has 0 saturated heterocycles. The summed E-state index contributed by atoms with van der Waals surface area (Å²) in [7, 11) is 0. The molecule has 7 heteroatoms. The van der Waals surface area contributed by atoms with E-state index in [1.54, 1.807) is 12.1 Å². The van der Waals surface area contributed by atoms with Crippen molar-refractivity contribution in [1.82, 2.24) is 9.88 Å². The maximum atomic E-state index is 13.7. The van der Waals surface area contributed by atoms with Crippen LogP contribution in [-0.4, -0.2) is 34.6 Å². The number of alkyl halides is 3. The van der Waals surface area contributed by atoms with Gasteiger partial charge >= 0.3 is 6.18 Å². The second kappa shape index (κ2) is 5.79. The fourth-order valence-electron chi connectivity index (χ4n) is 2.73. The average Bonchev–Trinajstić information content (AvgIpc) is 2.41. The van der Waals surface area contributed by atoms with E-state index >= 15 is 0 Å². The maximum absolute atomic E-state index is 13.7. The van der Waals surface area contributed by atoms with Crippen molar-refractivity contribution in [1.29, 1.82) is 0 Å². The Bertz CT molecular complexity index is 740. The molecule has 2 aromatic rings. The monoisotopic (exact) mass is 326 g/mol. The van der Waals surface area contributed by atoms with E-state index < -0.39 is 30.5 Å². The van der Waals surface area contributed by atoms with E-state index in [-0.39, 0.29) is 11.1 Å². The first-order valence-electron chi connectivity index (χ1n) is 7.27. The number of hydrogen-bond acceptors (Lipinski definition) is 2. The van der Waals surface area contributed by atoms with Crippen LogP contribution < -0.4 is 0 Å². The third kappa shape index (κ3) is 3.28. The smallest absolute Gasteiger partial charge is 0.326 e. The van der Waals surface area contributed by atoms with Crippen LogP contribution in [0.25, 0.3) is 10.9 Å². The van der Waals surface area contributed by atoms with Crippen molar-refractivity contribution < 1.29 is 22.4 Å². The number of nitrogens with zero attached hydrogens (tertiary/aromatic N) is 2. The molecule has 1 aromatic carbocycles. The third-order valence-electron chi connectivity index (χ3n) is 4.03. The van der Waals surface area contributed by atoms with Gasteiger partial charge in [-0.2, -0.15) is 13.2 Å². The number of carbonyl (C=O) groups is 1. The van der Waals surface area contributed by atoms with Gasteiger partial charge in [-0.1, -0.05) is 6.07 Å². The number of rotatable bonds is 3. The molecule has 0 spiro atoms. The zero-order valence-electron chi connectivity index (χ0n) is 12.1. The standard InChI is InChI=1S/C16H14F4N2O/c17-11-7-10-3-2-6-21-14(10)13(8-11)15(23)22(9-16(18,19)20)12-4-1-5-12/h2-3,6-8,12H,1,4-5,9H2. The first-order valence-corrected chi connectivity index (χ1v) is 7.27. The SMILES string of the molecule is O=C(c1cc(F)cc2cccnc12)N(CC(F)(F)F)C1CCC1. The van der Waals surface area contributed by atoms with Gasteiger partial charge < -0.3 is 4.90 Å². The van der Waals surface area contributed by atoms with Crippen LogP contribution in [0.5, 0.6) is 0 Å². The number of hydrogen-bond donors (Lipinski definition) is 0. The van der Waals surface area contributed by atoms with Crippen LogP contribution in [0.4, 0.5) is 17.6 Å². The van der Waals surface area contributed by atoms with Crippen molar-refractivity contribution in [3.8, 4) is 0 Å². The summed E-state index contributed by atoms with van der Waals surface area (Å²) in [5.41, 5.74) is 0.0853. The molecule has 0 aliphatic heterocycles. The van der Waals surface area contributed by atoms with Crippen LogP contribution >= 0.6 is 0 Å². The Balaban J connectivity index is 2.03. The summed E-state index contributed by atoms with van der Waals surface area (Å²) >= 11 is 0. The van der Waals surface area contributed by atoms with Gasteiger partial charge in [-0.15, -0.1) is 0 Å². The number of benzene rings is 1. The molecule has 1 amide bonds. The lowest BCUT2D eigenvalue weighted by Crippen LogP contribution is -2.48. The van der Waals surface area contributed by atoms with Crippen molar-refractivity contribution in [2.75, 3.05) is 6.54 Å². The third-order valence-corrected chi connectivity index (χ3v) is 4.03. The first-order chi connectivity index (χ1) is 10.8. The van der Waals surface area contributed by atoms with E-state index in [1.807, 2.05) is 0 Å². The fraction of sp³-hybridized carbons (Fsp3) is 0.375. The number of halogens is 4. The summed E-state index contributed by atoms with van der Waals surface area (Å²) in [4.78, 5) is 17.5. The molecule has 1 aromatic heterocycles. The summed E-state index contributed by atoms with van der Waals surface area (Å²) in [5, 5.41) is 0.386. The zero-order chi connectivity index (χ0) is 16.6. The van der Waals surface area contributed by atoms with Crippen LogP contribution in [0.1, 0.15) is 29.6 Å². The van der Waals surface area contributed by atoms with E-state index in [0.29, 0.717) is 18.2 Å². The van der Waals surface area contributed by atoms with Crippen LogP contribution in [0.15, 0.2) is 30.5 Å². The fourth-order valence-corrected chi connectivity index (χ4v) is 2.73. The summed E-state index contributed by atoms with van der Waals surface area (Å²) < 4.78 is 52.2. The molecule has 0 N–H and O–H groups in total. The second-order valence-electron chi connectivity index (χ2n) is 5.66. The van der Waals surface area contributed by atoms with Crippen LogP contribution in [0.2, 0.25) is 0 Å². The quantitative estimate of drug-likeness (QED) is 0.801. The zero-order valence-corrected chi connectivity index (χ0v) is 12.1. The lowest BCUT2D eigenvalue weighted by Gasteiger charge is -2.38. The van der Waals surface area contributed by atoms with E-state index in [4.69, 9.17) is 0 Å². The summed E-state index contributed by atoms with van der Waals surface area (Å²) in [6.45, 7) is -1.33. The minimum atomic E-state index is -4.50. The van der Waals surface area contributed by atoms with Crippen molar-refractivity contribution >= 4 is 16.8 Å². The van der Waals surface area contributed by atoms with Crippen molar-refractivity contribution in [3.05, 3.63) is 41.8 Å². The minimum Gasteiger partial charge on any atom is -0.326 e.